The second-order valence-corrected chi connectivity index (χ2v) is 6.17. The van der Waals surface area contributed by atoms with Crippen molar-refractivity contribution in [3.63, 3.8) is 0 Å². The van der Waals surface area contributed by atoms with Crippen LogP contribution in [-0.4, -0.2) is 15.3 Å². The average Bonchev–Trinajstić information content (AvgIpc) is 2.94. The molecule has 21 heavy (non-hydrogen) atoms. The van der Waals surface area contributed by atoms with E-state index in [9.17, 15) is 5.11 Å². The molecule has 6 heteroatoms. The number of aromatic nitrogens is 2. The molecular formula is C15H11BrN2O2S. The average molecular weight is 363 g/mol. The quantitative estimate of drug-likeness (QED) is 0.692. The first-order chi connectivity index (χ1) is 10.2. The molecule has 0 spiro atoms. The maximum Gasteiger partial charge on any atom is 0.248 e. The SMILES string of the molecule is Oc1cccc(SCc2nnc(-c3ccccc3Br)o2)c1. The maximum absolute atomic E-state index is 9.42. The highest BCUT2D eigenvalue weighted by molar-refractivity contribution is 9.10. The van der Waals surface area contributed by atoms with Gasteiger partial charge < -0.3 is 9.52 Å². The fourth-order valence-electron chi connectivity index (χ4n) is 1.77. The van der Waals surface area contributed by atoms with Crippen LogP contribution in [0.15, 0.2) is 62.3 Å². The van der Waals surface area contributed by atoms with E-state index >= 15 is 0 Å². The van der Waals surface area contributed by atoms with Crippen molar-refractivity contribution in [1.82, 2.24) is 10.2 Å². The Hall–Kier alpha value is -1.79. The van der Waals surface area contributed by atoms with Crippen molar-refractivity contribution in [2.24, 2.45) is 0 Å². The summed E-state index contributed by atoms with van der Waals surface area (Å²) in [6.45, 7) is 0. The molecule has 0 unspecified atom stereocenters. The molecule has 0 saturated heterocycles. The van der Waals surface area contributed by atoms with Crippen LogP contribution < -0.4 is 0 Å². The Morgan fingerprint density at radius 2 is 1.95 bits per heavy atom. The van der Waals surface area contributed by atoms with Gasteiger partial charge in [0.05, 0.1) is 11.3 Å². The number of aromatic hydroxyl groups is 1. The summed E-state index contributed by atoms with van der Waals surface area (Å²) in [5, 5.41) is 17.5. The zero-order valence-corrected chi connectivity index (χ0v) is 13.3. The van der Waals surface area contributed by atoms with Gasteiger partial charge in [0.2, 0.25) is 11.8 Å². The van der Waals surface area contributed by atoms with Crippen molar-refractivity contribution in [2.75, 3.05) is 0 Å². The number of hydrogen-bond donors (Lipinski definition) is 1. The minimum Gasteiger partial charge on any atom is -0.508 e. The third-order valence-corrected chi connectivity index (χ3v) is 4.42. The lowest BCUT2D eigenvalue weighted by molar-refractivity contribution is 0.474. The largest absolute Gasteiger partial charge is 0.508 e. The molecule has 0 aliphatic rings. The van der Waals surface area contributed by atoms with E-state index in [1.54, 1.807) is 18.2 Å². The van der Waals surface area contributed by atoms with Crippen LogP contribution in [0.3, 0.4) is 0 Å². The molecule has 0 aliphatic heterocycles. The Labute approximate surface area is 134 Å². The van der Waals surface area contributed by atoms with Gasteiger partial charge in [0.25, 0.3) is 0 Å². The van der Waals surface area contributed by atoms with E-state index in [4.69, 9.17) is 4.42 Å². The summed E-state index contributed by atoms with van der Waals surface area (Å²) in [7, 11) is 0. The summed E-state index contributed by atoms with van der Waals surface area (Å²) in [5.74, 6) is 1.85. The van der Waals surface area contributed by atoms with Gasteiger partial charge in [-0.2, -0.15) is 0 Å². The van der Waals surface area contributed by atoms with Crippen molar-refractivity contribution in [2.45, 2.75) is 10.6 Å². The van der Waals surface area contributed by atoms with Crippen LogP contribution in [-0.2, 0) is 5.75 Å². The topological polar surface area (TPSA) is 59.2 Å². The molecule has 0 amide bonds. The monoisotopic (exact) mass is 362 g/mol. The molecule has 1 aromatic heterocycles. The van der Waals surface area contributed by atoms with Crippen LogP contribution in [0.25, 0.3) is 11.5 Å². The Morgan fingerprint density at radius 3 is 2.76 bits per heavy atom. The van der Waals surface area contributed by atoms with Gasteiger partial charge in [-0.15, -0.1) is 22.0 Å². The van der Waals surface area contributed by atoms with Crippen molar-refractivity contribution in [3.8, 4) is 17.2 Å². The molecule has 0 radical (unpaired) electrons. The molecule has 3 aromatic rings. The normalized spacial score (nSPS) is 10.7. The van der Waals surface area contributed by atoms with E-state index in [1.807, 2.05) is 30.3 Å². The molecule has 0 bridgehead atoms. The number of phenolic OH excluding ortho intramolecular Hbond substituents is 1. The number of phenols is 1. The van der Waals surface area contributed by atoms with E-state index < -0.39 is 0 Å². The molecule has 0 atom stereocenters. The predicted molar refractivity (Wildman–Crippen MR) is 85.1 cm³/mol. The summed E-state index contributed by atoms with van der Waals surface area (Å²) < 4.78 is 6.58. The van der Waals surface area contributed by atoms with E-state index in [-0.39, 0.29) is 5.75 Å². The highest BCUT2D eigenvalue weighted by Gasteiger charge is 2.11. The minimum atomic E-state index is 0.249. The molecule has 0 aliphatic carbocycles. The molecule has 1 N–H and O–H groups in total. The Balaban J connectivity index is 1.72. The second-order valence-electron chi connectivity index (χ2n) is 4.27. The smallest absolute Gasteiger partial charge is 0.248 e. The summed E-state index contributed by atoms with van der Waals surface area (Å²) in [4.78, 5) is 0.954. The zero-order chi connectivity index (χ0) is 14.7. The minimum absolute atomic E-state index is 0.249. The van der Waals surface area contributed by atoms with E-state index in [0.717, 1.165) is 14.9 Å². The number of rotatable bonds is 4. The molecule has 0 fully saturated rings. The molecule has 2 aromatic carbocycles. The van der Waals surface area contributed by atoms with Crippen LogP contribution in [0.1, 0.15) is 5.89 Å². The Bertz CT molecular complexity index is 761. The fourth-order valence-corrected chi connectivity index (χ4v) is 3.01. The summed E-state index contributed by atoms with van der Waals surface area (Å²) in [6, 6.07) is 14.8. The summed E-state index contributed by atoms with van der Waals surface area (Å²) in [6.07, 6.45) is 0. The van der Waals surface area contributed by atoms with Crippen LogP contribution in [0.5, 0.6) is 5.75 Å². The molecule has 1 heterocycles. The lowest BCUT2D eigenvalue weighted by atomic mass is 10.2. The van der Waals surface area contributed by atoms with Crippen LogP contribution in [0.2, 0.25) is 0 Å². The van der Waals surface area contributed by atoms with Gasteiger partial charge in [0.15, 0.2) is 0 Å². The van der Waals surface area contributed by atoms with Crippen molar-refractivity contribution in [1.29, 1.82) is 0 Å². The van der Waals surface area contributed by atoms with Crippen LogP contribution in [0, 0.1) is 0 Å². The van der Waals surface area contributed by atoms with E-state index in [1.165, 1.54) is 11.8 Å². The number of thioether (sulfide) groups is 1. The van der Waals surface area contributed by atoms with Gasteiger partial charge in [-0.05, 0) is 46.3 Å². The third-order valence-electron chi connectivity index (χ3n) is 2.75. The van der Waals surface area contributed by atoms with Gasteiger partial charge in [0.1, 0.15) is 5.75 Å². The standard InChI is InChI=1S/C15H11BrN2O2S/c16-13-7-2-1-6-12(13)15-18-17-14(20-15)9-21-11-5-3-4-10(19)8-11/h1-8,19H,9H2. The van der Waals surface area contributed by atoms with Gasteiger partial charge in [0, 0.05) is 9.37 Å². The van der Waals surface area contributed by atoms with Gasteiger partial charge in [-0.25, -0.2) is 0 Å². The highest BCUT2D eigenvalue weighted by atomic mass is 79.9. The first-order valence-electron chi connectivity index (χ1n) is 6.21. The molecule has 4 nitrogen and oxygen atoms in total. The van der Waals surface area contributed by atoms with Gasteiger partial charge in [-0.3, -0.25) is 0 Å². The highest BCUT2D eigenvalue weighted by Crippen LogP contribution is 2.29. The number of hydrogen-bond acceptors (Lipinski definition) is 5. The van der Waals surface area contributed by atoms with Gasteiger partial charge >= 0.3 is 0 Å². The number of halogens is 1. The Morgan fingerprint density at radius 1 is 1.10 bits per heavy atom. The molecule has 3 rings (SSSR count). The van der Waals surface area contributed by atoms with E-state index in [0.29, 0.717) is 17.5 Å². The van der Waals surface area contributed by atoms with Crippen LogP contribution in [0.4, 0.5) is 0 Å². The zero-order valence-electron chi connectivity index (χ0n) is 10.9. The fraction of sp³-hybridized carbons (Fsp3) is 0.0667. The lowest BCUT2D eigenvalue weighted by Crippen LogP contribution is -1.80. The van der Waals surface area contributed by atoms with Crippen molar-refractivity contribution in [3.05, 3.63) is 58.9 Å². The lowest BCUT2D eigenvalue weighted by Gasteiger charge is -1.99. The first-order valence-corrected chi connectivity index (χ1v) is 7.99. The molecule has 0 saturated carbocycles. The number of benzene rings is 2. The Kier molecular flexibility index (Phi) is 4.26. The molecule has 106 valence electrons. The van der Waals surface area contributed by atoms with Crippen molar-refractivity contribution < 1.29 is 9.52 Å². The summed E-state index contributed by atoms with van der Waals surface area (Å²) >= 11 is 5.00. The third kappa shape index (κ3) is 3.46. The second kappa shape index (κ2) is 6.32. The predicted octanol–water partition coefficient (Wildman–Crippen LogP) is 4.50. The summed E-state index contributed by atoms with van der Waals surface area (Å²) in [5.41, 5.74) is 0.874. The number of nitrogens with zero attached hydrogens (tertiary/aromatic N) is 2. The van der Waals surface area contributed by atoms with Crippen LogP contribution >= 0.6 is 27.7 Å². The van der Waals surface area contributed by atoms with Gasteiger partial charge in [-0.1, -0.05) is 18.2 Å². The van der Waals surface area contributed by atoms with Crippen molar-refractivity contribution >= 4 is 27.7 Å². The first kappa shape index (κ1) is 14.2. The molecular weight excluding hydrogens is 352 g/mol. The maximum atomic E-state index is 9.42. The van der Waals surface area contributed by atoms with E-state index in [2.05, 4.69) is 26.1 Å².